The molecule has 0 aliphatic heterocycles. The highest BCUT2D eigenvalue weighted by atomic mass is 28.4. The summed E-state index contributed by atoms with van der Waals surface area (Å²) in [6.45, 7) is 6.14. The van der Waals surface area contributed by atoms with Crippen molar-refractivity contribution < 1.29 is 98.9 Å². The summed E-state index contributed by atoms with van der Waals surface area (Å²) in [5.74, 6) is -57.6. The summed E-state index contributed by atoms with van der Waals surface area (Å²) in [6, 6.07) is 4.48. The molecule has 1 rings (SSSR count). The molecule has 24 heteroatoms. The fourth-order valence-electron chi connectivity index (χ4n) is 5.52. The van der Waals surface area contributed by atoms with Gasteiger partial charge in [0.25, 0.3) is 5.91 Å². The van der Waals surface area contributed by atoms with Crippen LogP contribution in [0.3, 0.4) is 0 Å². The number of nitrogens with one attached hydrogen (secondary N) is 1. The number of ether oxygens (including phenoxy) is 1. The molecule has 0 fully saturated rings. The minimum absolute atomic E-state index is 0.167. The number of benzene rings is 1. The van der Waals surface area contributed by atoms with Crippen molar-refractivity contribution in [3.63, 3.8) is 0 Å². The molecule has 57 heavy (non-hydrogen) atoms. The van der Waals surface area contributed by atoms with Gasteiger partial charge < -0.3 is 14.3 Å². The van der Waals surface area contributed by atoms with Crippen molar-refractivity contribution in [1.82, 2.24) is 5.48 Å². The zero-order valence-corrected chi connectivity index (χ0v) is 31.5. The predicted octanol–water partition coefficient (Wildman–Crippen LogP) is 10.9. The lowest BCUT2D eigenvalue weighted by molar-refractivity contribution is -0.461. The third-order valence-corrected chi connectivity index (χ3v) is 14.8. The Hall–Kier alpha value is -3.12. The number of amides is 1. The summed E-state index contributed by atoms with van der Waals surface area (Å²) in [5.41, 5.74) is 0.131. The van der Waals surface area contributed by atoms with Crippen molar-refractivity contribution in [2.75, 3.05) is 13.2 Å². The van der Waals surface area contributed by atoms with E-state index < -0.39 is 98.1 Å². The first-order chi connectivity index (χ1) is 25.6. The molecule has 3 N–H and O–H groups in total. The maximum Gasteiger partial charge on any atom is 0.460 e. The van der Waals surface area contributed by atoms with E-state index in [9.17, 15) is 84.5 Å². The van der Waals surface area contributed by atoms with Gasteiger partial charge in [-0.2, -0.15) is 74.6 Å². The maximum atomic E-state index is 14.8. The monoisotopic (exact) mass is 881 g/mol. The second-order valence-corrected chi connectivity index (χ2v) is 18.6. The summed E-state index contributed by atoms with van der Waals surface area (Å²) in [7, 11) is -3.95. The summed E-state index contributed by atoms with van der Waals surface area (Å²) in [6.07, 6.45) is -5.44. The molecule has 0 bridgehead atoms. The number of hydroxylamine groups is 1. The normalized spacial score (nSPS) is 15.9. The molecule has 0 aromatic heterocycles. The minimum Gasteiger partial charge on any atom is -0.491 e. The highest BCUT2D eigenvalue weighted by molar-refractivity contribution is 6.76. The third kappa shape index (κ3) is 10.4. The van der Waals surface area contributed by atoms with Gasteiger partial charge in [-0.15, -0.1) is 0 Å². The van der Waals surface area contributed by atoms with E-state index in [1.54, 1.807) is 13.0 Å². The Labute approximate surface area is 316 Å². The fraction of sp³-hybridized carbons (Fsp3) is 0.667. The molecule has 0 aliphatic carbocycles. The van der Waals surface area contributed by atoms with Crippen LogP contribution in [0.2, 0.25) is 17.1 Å². The van der Waals surface area contributed by atoms with Crippen molar-refractivity contribution in [1.29, 1.82) is 0 Å². The Morgan fingerprint density at radius 3 is 1.60 bits per heavy atom. The summed E-state index contributed by atoms with van der Waals surface area (Å²) in [5, 5.41) is 19.1. The lowest BCUT2D eigenvalue weighted by atomic mass is 9.88. The molecular weight excluding hydrogens is 841 g/mol. The van der Waals surface area contributed by atoms with Crippen LogP contribution in [0, 0.1) is 5.92 Å². The Morgan fingerprint density at radius 2 is 1.16 bits per heavy atom. The first kappa shape index (κ1) is 51.9. The maximum absolute atomic E-state index is 14.8. The van der Waals surface area contributed by atoms with Crippen LogP contribution in [0.1, 0.15) is 59.1 Å². The van der Waals surface area contributed by atoms with Gasteiger partial charge in [0.2, 0.25) is 0 Å². The SMILES string of the molecule is CC(C)[Si](CCC(F)(F)C(F)(F)C(F)(F)C(F)(F)C(F)(F)C(F)(F)C(F)(F)C(F)(F)F)(OCCOc1ccc([C@@H](O)[C@H](C)C/C=C/C=C/C(=O)NO)cc1)C(C)C. The van der Waals surface area contributed by atoms with Gasteiger partial charge in [0.15, 0.2) is 8.32 Å². The zero-order valence-electron chi connectivity index (χ0n) is 30.5. The smallest absolute Gasteiger partial charge is 0.460 e. The molecular formula is C33H40F17NO5Si. The molecule has 6 nitrogen and oxygen atoms in total. The molecule has 0 saturated heterocycles. The van der Waals surface area contributed by atoms with Gasteiger partial charge >= 0.3 is 47.6 Å². The highest BCUT2D eigenvalue weighted by Crippen LogP contribution is 2.64. The van der Waals surface area contributed by atoms with Gasteiger partial charge in [-0.3, -0.25) is 10.0 Å². The van der Waals surface area contributed by atoms with Crippen LogP contribution in [0.5, 0.6) is 5.75 Å². The Kier molecular flexibility index (Phi) is 16.8. The number of carbonyl (C=O) groups is 1. The molecule has 330 valence electrons. The molecule has 1 aromatic rings. The first-order valence-electron chi connectivity index (χ1n) is 16.6. The molecule has 1 amide bonds. The first-order valence-corrected chi connectivity index (χ1v) is 18.9. The van der Waals surface area contributed by atoms with Gasteiger partial charge in [-0.1, -0.05) is 65.0 Å². The predicted molar refractivity (Wildman–Crippen MR) is 171 cm³/mol. The van der Waals surface area contributed by atoms with Crippen LogP contribution in [0.15, 0.2) is 48.6 Å². The largest absolute Gasteiger partial charge is 0.491 e. The van der Waals surface area contributed by atoms with Crippen molar-refractivity contribution in [2.24, 2.45) is 5.92 Å². The topological polar surface area (TPSA) is 88.0 Å². The number of allylic oxidation sites excluding steroid dienone is 3. The number of alkyl halides is 17. The van der Waals surface area contributed by atoms with Gasteiger partial charge in [0, 0.05) is 12.5 Å². The van der Waals surface area contributed by atoms with Crippen molar-refractivity contribution in [2.45, 2.75) is 118 Å². The molecule has 2 atom stereocenters. The van der Waals surface area contributed by atoms with Crippen LogP contribution < -0.4 is 10.2 Å². The second kappa shape index (κ2) is 18.4. The molecule has 0 aliphatic rings. The van der Waals surface area contributed by atoms with E-state index in [1.165, 1.54) is 69.6 Å². The zero-order chi connectivity index (χ0) is 44.9. The van der Waals surface area contributed by atoms with E-state index in [4.69, 9.17) is 14.4 Å². The second-order valence-electron chi connectivity index (χ2n) is 13.6. The molecule has 0 spiro atoms. The van der Waals surface area contributed by atoms with E-state index >= 15 is 0 Å². The van der Waals surface area contributed by atoms with Crippen molar-refractivity contribution in [3.05, 3.63) is 54.1 Å². The average molecular weight is 882 g/mol. The number of carbonyl (C=O) groups excluding carboxylic acids is 1. The van der Waals surface area contributed by atoms with Gasteiger partial charge in [-0.05, 0) is 47.2 Å². The summed E-state index contributed by atoms with van der Waals surface area (Å²) in [4.78, 5) is 10.9. The van der Waals surface area contributed by atoms with E-state index in [2.05, 4.69) is 0 Å². The molecule has 1 aromatic carbocycles. The average Bonchev–Trinajstić information content (AvgIpc) is 3.09. The molecule has 0 heterocycles. The Morgan fingerprint density at radius 1 is 0.702 bits per heavy atom. The summed E-state index contributed by atoms with van der Waals surface area (Å²) >= 11 is 0. The molecule has 0 saturated carbocycles. The number of halogens is 17. The van der Waals surface area contributed by atoms with Crippen LogP contribution in [-0.2, 0) is 9.22 Å². The van der Waals surface area contributed by atoms with Crippen LogP contribution >= 0.6 is 0 Å². The van der Waals surface area contributed by atoms with Crippen LogP contribution in [0.25, 0.3) is 0 Å². The van der Waals surface area contributed by atoms with Crippen LogP contribution in [0.4, 0.5) is 74.6 Å². The number of aliphatic hydroxyl groups is 1. The van der Waals surface area contributed by atoms with Gasteiger partial charge in [0.05, 0.1) is 12.7 Å². The third-order valence-electron chi connectivity index (χ3n) is 9.17. The van der Waals surface area contributed by atoms with E-state index in [0.29, 0.717) is 12.0 Å². The van der Waals surface area contributed by atoms with Crippen LogP contribution in [-0.4, -0.2) is 85.4 Å². The quantitative estimate of drug-likeness (QED) is 0.0205. The van der Waals surface area contributed by atoms with E-state index in [-0.39, 0.29) is 18.3 Å². The number of aliphatic hydroxyl groups excluding tert-OH is 1. The number of hydrogen-bond acceptors (Lipinski definition) is 5. The number of rotatable bonds is 22. The van der Waals surface area contributed by atoms with E-state index in [1.807, 2.05) is 0 Å². The van der Waals surface area contributed by atoms with Crippen molar-refractivity contribution >= 4 is 14.2 Å². The summed E-state index contributed by atoms with van der Waals surface area (Å²) < 4.78 is 245. The molecule has 0 radical (unpaired) electrons. The minimum atomic E-state index is -8.68. The fourth-order valence-corrected chi connectivity index (χ4v) is 9.98. The van der Waals surface area contributed by atoms with Crippen molar-refractivity contribution in [3.8, 4) is 5.75 Å². The lowest BCUT2D eigenvalue weighted by Gasteiger charge is -2.44. The Balaban J connectivity index is 3.15. The van der Waals surface area contributed by atoms with Gasteiger partial charge in [-0.25, -0.2) is 5.48 Å². The standard InChI is InChI=1S/C33H40F17NO5Si/c1-19(2)57(20(3)4,56-17-16-55-23-13-11-22(12-14-23)25(53)21(5)9-7-6-8-10-24(52)51-54)18-15-26(34,35)27(36,37)28(38,39)29(40,41)30(42,43)31(44,45)32(46,47)33(48,49)50/h6-8,10-14,19-21,25,53-54H,9,15-18H2,1-5H3,(H,51,52)/b7-6+,10-8+/t21-,25+/m1/s1. The molecule has 0 unspecified atom stereocenters. The van der Waals surface area contributed by atoms with E-state index in [0.717, 1.165) is 6.08 Å². The van der Waals surface area contributed by atoms with Gasteiger partial charge in [0.1, 0.15) is 12.4 Å². The highest BCUT2D eigenvalue weighted by Gasteiger charge is 2.95. The lowest BCUT2D eigenvalue weighted by Crippen LogP contribution is -2.74. The number of hydrogen-bond donors (Lipinski definition) is 3. The Bertz CT molecular complexity index is 1510.